The van der Waals surface area contributed by atoms with Gasteiger partial charge in [-0.05, 0) is 43.2 Å². The van der Waals surface area contributed by atoms with Crippen molar-refractivity contribution >= 4 is 6.03 Å². The Hall–Kier alpha value is -1.62. The van der Waals surface area contributed by atoms with Crippen LogP contribution in [-0.2, 0) is 0 Å². The van der Waals surface area contributed by atoms with Crippen LogP contribution >= 0.6 is 0 Å². The summed E-state index contributed by atoms with van der Waals surface area (Å²) in [4.78, 5) is 19.9. The molecule has 1 aliphatic heterocycles. The molecular formula is C17H26N4O. The van der Waals surface area contributed by atoms with Gasteiger partial charge in [0.15, 0.2) is 0 Å². The Morgan fingerprint density at radius 2 is 2.05 bits per heavy atom. The predicted molar refractivity (Wildman–Crippen MR) is 86.5 cm³/mol. The van der Waals surface area contributed by atoms with Crippen LogP contribution in [0.15, 0.2) is 24.5 Å². The van der Waals surface area contributed by atoms with E-state index < -0.39 is 0 Å². The number of nitrogens with one attached hydrogen (secondary N) is 1. The first-order valence-electron chi connectivity index (χ1n) is 8.27. The van der Waals surface area contributed by atoms with Gasteiger partial charge in [-0.1, -0.05) is 6.07 Å². The predicted octanol–water partition coefficient (Wildman–Crippen LogP) is 2.27. The number of aromatic nitrogens is 1. The molecule has 5 heteroatoms. The van der Waals surface area contributed by atoms with Crippen molar-refractivity contribution in [2.75, 3.05) is 27.2 Å². The monoisotopic (exact) mass is 302 g/mol. The maximum Gasteiger partial charge on any atom is 0.319 e. The van der Waals surface area contributed by atoms with Crippen LogP contribution in [0.3, 0.4) is 0 Å². The van der Waals surface area contributed by atoms with Gasteiger partial charge in [0.2, 0.25) is 0 Å². The Kier molecular flexibility index (Phi) is 4.62. The summed E-state index contributed by atoms with van der Waals surface area (Å²) in [7, 11) is 3.64. The third kappa shape index (κ3) is 3.58. The second-order valence-electron chi connectivity index (χ2n) is 6.71. The first-order chi connectivity index (χ1) is 10.6. The van der Waals surface area contributed by atoms with E-state index in [9.17, 15) is 4.79 Å². The summed E-state index contributed by atoms with van der Waals surface area (Å²) in [6.45, 7) is 1.69. The number of piperidine rings is 1. The second-order valence-corrected chi connectivity index (χ2v) is 6.71. The van der Waals surface area contributed by atoms with E-state index >= 15 is 0 Å². The molecule has 3 rings (SSSR count). The summed E-state index contributed by atoms with van der Waals surface area (Å²) in [5, 5.41) is 3.83. The molecule has 1 atom stereocenters. The van der Waals surface area contributed by atoms with Gasteiger partial charge in [-0.3, -0.25) is 4.98 Å². The molecule has 0 spiro atoms. The molecule has 1 aromatic rings. The molecule has 2 amide bonds. The second kappa shape index (κ2) is 6.65. The number of hydrogen-bond donors (Lipinski definition) is 1. The number of likely N-dealkylation sites (tertiary alicyclic amines) is 1. The number of carbonyl (C=O) groups is 1. The largest absolute Gasteiger partial charge is 0.331 e. The van der Waals surface area contributed by atoms with Gasteiger partial charge >= 0.3 is 6.03 Å². The zero-order valence-electron chi connectivity index (χ0n) is 13.5. The van der Waals surface area contributed by atoms with Crippen LogP contribution in [0.4, 0.5) is 4.79 Å². The van der Waals surface area contributed by atoms with Crippen molar-refractivity contribution < 1.29 is 4.79 Å². The summed E-state index contributed by atoms with van der Waals surface area (Å²) < 4.78 is 0. The van der Waals surface area contributed by atoms with E-state index in [1.54, 1.807) is 4.90 Å². The first-order valence-corrected chi connectivity index (χ1v) is 8.27. The van der Waals surface area contributed by atoms with Crippen molar-refractivity contribution in [3.05, 3.63) is 30.1 Å². The van der Waals surface area contributed by atoms with E-state index in [1.165, 1.54) is 18.4 Å². The van der Waals surface area contributed by atoms with Gasteiger partial charge in [0.1, 0.15) is 0 Å². The Morgan fingerprint density at radius 3 is 2.59 bits per heavy atom. The molecule has 0 radical (unpaired) electrons. The molecule has 1 aromatic heterocycles. The smallest absolute Gasteiger partial charge is 0.319 e. The van der Waals surface area contributed by atoms with Gasteiger partial charge in [0.25, 0.3) is 0 Å². The normalized spacial score (nSPS) is 20.7. The van der Waals surface area contributed by atoms with E-state index in [2.05, 4.69) is 16.4 Å². The molecule has 5 nitrogen and oxygen atoms in total. The summed E-state index contributed by atoms with van der Waals surface area (Å²) in [6, 6.07) is 5.24. The van der Waals surface area contributed by atoms with Crippen molar-refractivity contribution in [3.63, 3.8) is 0 Å². The molecule has 1 aliphatic carbocycles. The molecule has 0 bridgehead atoms. The molecule has 22 heavy (non-hydrogen) atoms. The molecule has 0 aromatic carbocycles. The highest BCUT2D eigenvalue weighted by Crippen LogP contribution is 2.41. The van der Waals surface area contributed by atoms with Crippen LogP contribution in [0.1, 0.15) is 37.3 Å². The van der Waals surface area contributed by atoms with Crippen molar-refractivity contribution in [1.82, 2.24) is 20.1 Å². The van der Waals surface area contributed by atoms with E-state index in [4.69, 9.17) is 0 Å². The van der Waals surface area contributed by atoms with Crippen molar-refractivity contribution in [3.8, 4) is 0 Å². The van der Waals surface area contributed by atoms with Crippen LogP contribution < -0.4 is 5.32 Å². The van der Waals surface area contributed by atoms with Gasteiger partial charge in [-0.15, -0.1) is 0 Å². The summed E-state index contributed by atoms with van der Waals surface area (Å²) in [5.41, 5.74) is 1.30. The van der Waals surface area contributed by atoms with Crippen LogP contribution in [0.5, 0.6) is 0 Å². The van der Waals surface area contributed by atoms with Gasteiger partial charge in [0, 0.05) is 51.7 Å². The first kappa shape index (κ1) is 15.3. The van der Waals surface area contributed by atoms with E-state index in [0.717, 1.165) is 31.8 Å². The fourth-order valence-electron chi connectivity index (χ4n) is 3.27. The topological polar surface area (TPSA) is 48.5 Å². The summed E-state index contributed by atoms with van der Waals surface area (Å²) in [5.74, 6) is 0.755. The van der Waals surface area contributed by atoms with Crippen molar-refractivity contribution in [2.24, 2.45) is 5.92 Å². The quantitative estimate of drug-likeness (QED) is 0.928. The minimum Gasteiger partial charge on any atom is -0.331 e. The molecule has 2 aliphatic rings. The third-order valence-corrected chi connectivity index (χ3v) is 4.70. The number of pyridine rings is 1. The molecule has 1 saturated heterocycles. The van der Waals surface area contributed by atoms with Crippen LogP contribution in [0, 0.1) is 5.92 Å². The lowest BCUT2D eigenvalue weighted by atomic mass is 9.99. The number of amides is 2. The average Bonchev–Trinajstić information content (AvgIpc) is 3.38. The third-order valence-electron chi connectivity index (χ3n) is 4.70. The Bertz CT molecular complexity index is 493. The Labute approximate surface area is 132 Å². The zero-order valence-corrected chi connectivity index (χ0v) is 13.5. The van der Waals surface area contributed by atoms with Gasteiger partial charge in [-0.2, -0.15) is 0 Å². The molecule has 1 N–H and O–H groups in total. The zero-order chi connectivity index (χ0) is 15.5. The fraction of sp³-hybridized carbons (Fsp3) is 0.647. The average molecular weight is 302 g/mol. The molecule has 120 valence electrons. The molecule has 2 fully saturated rings. The lowest BCUT2D eigenvalue weighted by Gasteiger charge is -2.36. The Balaban J connectivity index is 1.56. The Morgan fingerprint density at radius 1 is 1.32 bits per heavy atom. The van der Waals surface area contributed by atoms with Gasteiger partial charge in [-0.25, -0.2) is 4.79 Å². The van der Waals surface area contributed by atoms with E-state index in [1.807, 2.05) is 37.5 Å². The maximum atomic E-state index is 12.0. The summed E-state index contributed by atoms with van der Waals surface area (Å²) >= 11 is 0. The van der Waals surface area contributed by atoms with Gasteiger partial charge < -0.3 is 15.1 Å². The number of carbonyl (C=O) groups excluding carboxylic acids is 1. The minimum atomic E-state index is 0.129. The molecular weight excluding hydrogens is 276 g/mol. The lowest BCUT2D eigenvalue weighted by molar-refractivity contribution is 0.150. The van der Waals surface area contributed by atoms with E-state index in [-0.39, 0.29) is 6.03 Å². The highest BCUT2D eigenvalue weighted by molar-refractivity contribution is 5.73. The number of urea groups is 1. The van der Waals surface area contributed by atoms with Crippen LogP contribution in [-0.4, -0.2) is 54.0 Å². The van der Waals surface area contributed by atoms with E-state index in [0.29, 0.717) is 12.1 Å². The van der Waals surface area contributed by atoms with Crippen LogP contribution in [0.25, 0.3) is 0 Å². The highest BCUT2D eigenvalue weighted by Gasteiger charge is 2.34. The fourth-order valence-corrected chi connectivity index (χ4v) is 3.27. The number of hydrogen-bond acceptors (Lipinski definition) is 3. The highest BCUT2D eigenvalue weighted by atomic mass is 16.2. The lowest BCUT2D eigenvalue weighted by Crippen LogP contribution is -2.48. The summed E-state index contributed by atoms with van der Waals surface area (Å²) in [6.07, 6.45) is 8.50. The van der Waals surface area contributed by atoms with Crippen molar-refractivity contribution in [2.45, 2.75) is 37.8 Å². The molecule has 1 unspecified atom stereocenters. The van der Waals surface area contributed by atoms with Gasteiger partial charge in [0.05, 0.1) is 0 Å². The minimum absolute atomic E-state index is 0.129. The molecule has 1 saturated carbocycles. The number of nitrogens with zero attached hydrogens (tertiary/aromatic N) is 3. The van der Waals surface area contributed by atoms with Crippen LogP contribution in [0.2, 0.25) is 0 Å². The SMILES string of the molecule is CN(C)C(=O)N1CCC(NC(c2cccnc2)C2CC2)CC1. The standard InChI is InChI=1S/C17H26N4O/c1-20(2)17(22)21-10-7-15(8-11-21)19-16(13-5-6-13)14-4-3-9-18-12-14/h3-4,9,12-13,15-16,19H,5-8,10-11H2,1-2H3. The maximum absolute atomic E-state index is 12.0. The number of rotatable bonds is 4. The van der Waals surface area contributed by atoms with Crippen molar-refractivity contribution in [1.29, 1.82) is 0 Å². The molecule has 2 heterocycles.